The van der Waals surface area contributed by atoms with Crippen LogP contribution in [0.5, 0.6) is 0 Å². The number of hydrogen-bond donors (Lipinski definition) is 2. The number of hydrogen-bond acceptors (Lipinski definition) is 3. The van der Waals surface area contributed by atoms with Gasteiger partial charge in [-0.05, 0) is 42.7 Å². The molecule has 2 N–H and O–H groups in total. The van der Waals surface area contributed by atoms with Gasteiger partial charge in [0.25, 0.3) is 5.91 Å². The number of nitrogens with one attached hydrogen (secondary N) is 2. The zero-order valence-electron chi connectivity index (χ0n) is 12.5. The van der Waals surface area contributed by atoms with Gasteiger partial charge in [0.05, 0.1) is 5.56 Å². The van der Waals surface area contributed by atoms with Crippen molar-refractivity contribution in [1.29, 1.82) is 0 Å². The molecule has 1 aromatic carbocycles. The van der Waals surface area contributed by atoms with Gasteiger partial charge >= 0.3 is 0 Å². The summed E-state index contributed by atoms with van der Waals surface area (Å²) < 4.78 is 0. The molecule has 0 aliphatic carbocycles. The van der Waals surface area contributed by atoms with Gasteiger partial charge in [0.1, 0.15) is 5.82 Å². The first-order valence-electron chi connectivity index (χ1n) is 7.33. The van der Waals surface area contributed by atoms with E-state index in [9.17, 15) is 4.79 Å². The second-order valence-corrected chi connectivity index (χ2v) is 4.86. The maximum atomic E-state index is 12.1. The van der Waals surface area contributed by atoms with Gasteiger partial charge in [-0.2, -0.15) is 0 Å². The molecule has 4 heteroatoms. The number of anilines is 2. The zero-order chi connectivity index (χ0) is 15.1. The number of benzene rings is 1. The minimum absolute atomic E-state index is 0.145. The van der Waals surface area contributed by atoms with Crippen molar-refractivity contribution >= 4 is 17.4 Å². The van der Waals surface area contributed by atoms with E-state index in [1.807, 2.05) is 30.3 Å². The van der Waals surface area contributed by atoms with Crippen LogP contribution < -0.4 is 10.6 Å². The van der Waals surface area contributed by atoms with E-state index >= 15 is 0 Å². The van der Waals surface area contributed by atoms with Crippen LogP contribution in [0.1, 0.15) is 36.2 Å². The van der Waals surface area contributed by atoms with Gasteiger partial charge in [0.2, 0.25) is 0 Å². The van der Waals surface area contributed by atoms with E-state index in [0.29, 0.717) is 5.56 Å². The highest BCUT2D eigenvalue weighted by Gasteiger charge is 2.06. The standard InChI is InChI=1S/C17H21N3O/c1-3-11-18-16-10-7-14(12-19-16)17(21)20-15-8-5-13(4-2)6-9-15/h5-10,12H,3-4,11H2,1-2H3,(H,18,19)(H,20,21). The highest BCUT2D eigenvalue weighted by Crippen LogP contribution is 2.12. The monoisotopic (exact) mass is 283 g/mol. The fraction of sp³-hybridized carbons (Fsp3) is 0.294. The molecule has 110 valence electrons. The third-order valence-corrected chi connectivity index (χ3v) is 3.20. The number of carbonyl (C=O) groups is 1. The molecule has 2 rings (SSSR count). The molecule has 21 heavy (non-hydrogen) atoms. The molecule has 0 aliphatic heterocycles. The molecule has 0 saturated carbocycles. The lowest BCUT2D eigenvalue weighted by Gasteiger charge is -2.07. The van der Waals surface area contributed by atoms with Crippen molar-refractivity contribution in [1.82, 2.24) is 4.98 Å². The summed E-state index contributed by atoms with van der Waals surface area (Å²) in [5.41, 5.74) is 2.60. The van der Waals surface area contributed by atoms with E-state index in [-0.39, 0.29) is 5.91 Å². The molecule has 0 radical (unpaired) electrons. The molecule has 0 saturated heterocycles. The van der Waals surface area contributed by atoms with Crippen LogP contribution in [0.3, 0.4) is 0 Å². The Labute approximate surface area is 125 Å². The molecule has 1 aromatic heterocycles. The maximum absolute atomic E-state index is 12.1. The Kier molecular flexibility index (Phi) is 5.32. The predicted octanol–water partition coefficient (Wildman–Crippen LogP) is 3.72. The largest absolute Gasteiger partial charge is 0.370 e. The molecule has 1 heterocycles. The minimum atomic E-state index is -0.145. The SMILES string of the molecule is CCCNc1ccc(C(=O)Nc2ccc(CC)cc2)cn1. The number of carbonyl (C=O) groups excluding carboxylic acids is 1. The molecular formula is C17H21N3O. The third kappa shape index (κ3) is 4.31. The van der Waals surface area contributed by atoms with Crippen molar-refractivity contribution in [3.63, 3.8) is 0 Å². The Bertz CT molecular complexity index is 576. The highest BCUT2D eigenvalue weighted by molar-refractivity contribution is 6.04. The van der Waals surface area contributed by atoms with E-state index < -0.39 is 0 Å². The van der Waals surface area contributed by atoms with E-state index in [1.54, 1.807) is 12.3 Å². The molecule has 0 aliphatic rings. The first kappa shape index (κ1) is 15.0. The van der Waals surface area contributed by atoms with Crippen molar-refractivity contribution in [2.24, 2.45) is 0 Å². The minimum Gasteiger partial charge on any atom is -0.370 e. The fourth-order valence-corrected chi connectivity index (χ4v) is 1.91. The van der Waals surface area contributed by atoms with Gasteiger partial charge in [0, 0.05) is 18.4 Å². The van der Waals surface area contributed by atoms with Crippen LogP contribution in [0.2, 0.25) is 0 Å². The Balaban J connectivity index is 1.98. The average Bonchev–Trinajstić information content (AvgIpc) is 2.54. The summed E-state index contributed by atoms with van der Waals surface area (Å²) in [5, 5.41) is 6.05. The number of aromatic nitrogens is 1. The van der Waals surface area contributed by atoms with Gasteiger partial charge in [-0.25, -0.2) is 4.98 Å². The third-order valence-electron chi connectivity index (χ3n) is 3.20. The summed E-state index contributed by atoms with van der Waals surface area (Å²) in [4.78, 5) is 16.4. The smallest absolute Gasteiger partial charge is 0.257 e. The van der Waals surface area contributed by atoms with Crippen molar-refractivity contribution < 1.29 is 4.79 Å². The van der Waals surface area contributed by atoms with Crippen LogP contribution in [-0.2, 0) is 6.42 Å². The molecule has 2 aromatic rings. The number of rotatable bonds is 6. The topological polar surface area (TPSA) is 54.0 Å². The Morgan fingerprint density at radius 3 is 2.43 bits per heavy atom. The lowest BCUT2D eigenvalue weighted by molar-refractivity contribution is 0.102. The number of pyridine rings is 1. The number of nitrogens with zero attached hydrogens (tertiary/aromatic N) is 1. The molecule has 0 bridgehead atoms. The van der Waals surface area contributed by atoms with Gasteiger partial charge in [0.15, 0.2) is 0 Å². The second kappa shape index (κ2) is 7.43. The molecular weight excluding hydrogens is 262 g/mol. The van der Waals surface area contributed by atoms with Crippen LogP contribution in [-0.4, -0.2) is 17.4 Å². The maximum Gasteiger partial charge on any atom is 0.257 e. The molecule has 0 fully saturated rings. The van der Waals surface area contributed by atoms with E-state index in [1.165, 1.54) is 5.56 Å². The zero-order valence-corrected chi connectivity index (χ0v) is 12.5. The lowest BCUT2D eigenvalue weighted by atomic mass is 10.1. The normalized spacial score (nSPS) is 10.2. The summed E-state index contributed by atoms with van der Waals surface area (Å²) in [6.07, 6.45) is 3.62. The van der Waals surface area contributed by atoms with E-state index in [0.717, 1.165) is 30.9 Å². The lowest BCUT2D eigenvalue weighted by Crippen LogP contribution is -2.12. The quantitative estimate of drug-likeness (QED) is 0.849. The Morgan fingerprint density at radius 2 is 1.86 bits per heavy atom. The summed E-state index contributed by atoms with van der Waals surface area (Å²) in [5.74, 6) is 0.648. The number of aryl methyl sites for hydroxylation is 1. The molecule has 4 nitrogen and oxygen atoms in total. The van der Waals surface area contributed by atoms with Crippen molar-refractivity contribution in [3.8, 4) is 0 Å². The Hall–Kier alpha value is -2.36. The first-order valence-corrected chi connectivity index (χ1v) is 7.33. The van der Waals surface area contributed by atoms with Crippen LogP contribution >= 0.6 is 0 Å². The van der Waals surface area contributed by atoms with Crippen molar-refractivity contribution in [2.45, 2.75) is 26.7 Å². The number of amides is 1. The van der Waals surface area contributed by atoms with E-state index in [2.05, 4.69) is 29.5 Å². The van der Waals surface area contributed by atoms with Gasteiger partial charge in [-0.15, -0.1) is 0 Å². The summed E-state index contributed by atoms with van der Waals surface area (Å²) >= 11 is 0. The van der Waals surface area contributed by atoms with Crippen LogP contribution in [0, 0.1) is 0 Å². The highest BCUT2D eigenvalue weighted by atomic mass is 16.1. The summed E-state index contributed by atoms with van der Waals surface area (Å²) in [6.45, 7) is 5.08. The summed E-state index contributed by atoms with van der Waals surface area (Å²) in [7, 11) is 0. The summed E-state index contributed by atoms with van der Waals surface area (Å²) in [6, 6.07) is 11.5. The van der Waals surface area contributed by atoms with Gasteiger partial charge in [-0.1, -0.05) is 26.0 Å². The van der Waals surface area contributed by atoms with Crippen LogP contribution in [0.15, 0.2) is 42.6 Å². The fourth-order valence-electron chi connectivity index (χ4n) is 1.91. The average molecular weight is 283 g/mol. The van der Waals surface area contributed by atoms with E-state index in [4.69, 9.17) is 0 Å². The molecule has 0 spiro atoms. The van der Waals surface area contributed by atoms with Crippen LogP contribution in [0.4, 0.5) is 11.5 Å². The van der Waals surface area contributed by atoms with Crippen molar-refractivity contribution in [3.05, 3.63) is 53.7 Å². The van der Waals surface area contributed by atoms with Gasteiger partial charge < -0.3 is 10.6 Å². The predicted molar refractivity (Wildman–Crippen MR) is 86.8 cm³/mol. The van der Waals surface area contributed by atoms with Gasteiger partial charge in [-0.3, -0.25) is 4.79 Å². The van der Waals surface area contributed by atoms with Crippen LogP contribution in [0.25, 0.3) is 0 Å². The molecule has 0 unspecified atom stereocenters. The molecule has 0 atom stereocenters. The van der Waals surface area contributed by atoms with Crippen molar-refractivity contribution in [2.75, 3.05) is 17.2 Å². The first-order chi connectivity index (χ1) is 10.2. The molecule has 1 amide bonds. The Morgan fingerprint density at radius 1 is 1.10 bits per heavy atom. The second-order valence-electron chi connectivity index (χ2n) is 4.86.